The summed E-state index contributed by atoms with van der Waals surface area (Å²) in [6.45, 7) is 0.0743. The van der Waals surface area contributed by atoms with Crippen LogP contribution in [0.3, 0.4) is 0 Å². The van der Waals surface area contributed by atoms with E-state index < -0.39 is 11.7 Å². The number of rotatable bonds is 4. The maximum Gasteiger partial charge on any atom is 0.419 e. The molecule has 2 N–H and O–H groups in total. The van der Waals surface area contributed by atoms with Gasteiger partial charge in [0.15, 0.2) is 0 Å². The Morgan fingerprint density at radius 3 is 2.60 bits per heavy atom. The number of alkyl halides is 3. The molecular weight excluding hydrogens is 271 g/mol. The third-order valence-corrected chi connectivity index (χ3v) is 2.74. The van der Waals surface area contributed by atoms with Crippen molar-refractivity contribution in [1.82, 2.24) is 9.78 Å². The van der Waals surface area contributed by atoms with Gasteiger partial charge in [-0.15, -0.1) is 0 Å². The molecule has 0 amide bonds. The summed E-state index contributed by atoms with van der Waals surface area (Å²) in [5.74, 6) is -0.210. The second-order valence-corrected chi connectivity index (χ2v) is 4.34. The summed E-state index contributed by atoms with van der Waals surface area (Å²) in [4.78, 5) is 0. The summed E-state index contributed by atoms with van der Waals surface area (Å²) in [6.07, 6.45) is -1.25. The maximum absolute atomic E-state index is 13.0. The normalized spacial score (nSPS) is 11.7. The Morgan fingerprint density at radius 2 is 2.05 bits per heavy atom. The van der Waals surface area contributed by atoms with Gasteiger partial charge in [-0.3, -0.25) is 4.68 Å². The number of aromatic nitrogens is 2. The zero-order valence-electron chi connectivity index (χ0n) is 10.8. The zero-order chi connectivity index (χ0) is 14.8. The molecular formula is C13H14F3N3O. The van der Waals surface area contributed by atoms with E-state index in [-0.39, 0.29) is 18.9 Å². The molecule has 0 aliphatic rings. The van der Waals surface area contributed by atoms with Crippen molar-refractivity contribution >= 4 is 0 Å². The van der Waals surface area contributed by atoms with Crippen molar-refractivity contribution in [2.75, 3.05) is 0 Å². The molecule has 0 spiro atoms. The molecule has 0 fully saturated rings. The molecule has 0 unspecified atom stereocenters. The van der Waals surface area contributed by atoms with Crippen LogP contribution < -0.4 is 10.5 Å². The van der Waals surface area contributed by atoms with Gasteiger partial charge < -0.3 is 10.5 Å². The monoisotopic (exact) mass is 285 g/mol. The molecule has 1 aromatic carbocycles. The number of aryl methyl sites for hydroxylation is 1. The van der Waals surface area contributed by atoms with E-state index in [1.807, 2.05) is 0 Å². The lowest BCUT2D eigenvalue weighted by Crippen LogP contribution is -2.10. The van der Waals surface area contributed by atoms with Crippen LogP contribution in [0.4, 0.5) is 13.2 Å². The third kappa shape index (κ3) is 3.30. The van der Waals surface area contributed by atoms with Crippen molar-refractivity contribution in [3.8, 4) is 5.75 Å². The van der Waals surface area contributed by atoms with Gasteiger partial charge in [0.25, 0.3) is 0 Å². The Morgan fingerprint density at radius 1 is 1.30 bits per heavy atom. The van der Waals surface area contributed by atoms with Gasteiger partial charge in [0, 0.05) is 25.4 Å². The number of nitrogens with zero attached hydrogens (tertiary/aromatic N) is 2. The first-order valence-electron chi connectivity index (χ1n) is 5.90. The molecule has 7 heteroatoms. The Hall–Kier alpha value is -2.02. The molecule has 0 saturated heterocycles. The standard InChI is InChI=1S/C13H14F3N3O/c1-19-7-10(6-18-19)8-20-12-3-2-9(5-17)4-11(12)13(14,15)16/h2-4,6-7H,5,8,17H2,1H3. The number of hydrogen-bond acceptors (Lipinski definition) is 3. The van der Waals surface area contributed by atoms with Gasteiger partial charge in [0.1, 0.15) is 12.4 Å². The smallest absolute Gasteiger partial charge is 0.419 e. The van der Waals surface area contributed by atoms with E-state index in [1.54, 1.807) is 24.1 Å². The SMILES string of the molecule is Cn1cc(COc2ccc(CN)cc2C(F)(F)F)cn1. The largest absolute Gasteiger partial charge is 0.488 e. The Labute approximate surface area is 114 Å². The van der Waals surface area contributed by atoms with Crippen LogP contribution in [0.25, 0.3) is 0 Å². The van der Waals surface area contributed by atoms with E-state index in [4.69, 9.17) is 10.5 Å². The first-order chi connectivity index (χ1) is 9.40. The van der Waals surface area contributed by atoms with Crippen molar-refractivity contribution in [3.05, 3.63) is 47.3 Å². The summed E-state index contributed by atoms with van der Waals surface area (Å²) in [6, 6.07) is 3.83. The minimum atomic E-state index is -4.48. The fourth-order valence-electron chi connectivity index (χ4n) is 1.76. The van der Waals surface area contributed by atoms with E-state index in [2.05, 4.69) is 5.10 Å². The maximum atomic E-state index is 13.0. The van der Waals surface area contributed by atoms with Crippen LogP contribution in [0.2, 0.25) is 0 Å². The summed E-state index contributed by atoms with van der Waals surface area (Å²) in [5.41, 5.74) is 5.65. The molecule has 0 saturated carbocycles. The molecule has 0 aliphatic carbocycles. The van der Waals surface area contributed by atoms with Gasteiger partial charge >= 0.3 is 6.18 Å². The average Bonchev–Trinajstić information content (AvgIpc) is 2.81. The second kappa shape index (κ2) is 5.54. The number of benzene rings is 1. The van der Waals surface area contributed by atoms with E-state index in [1.165, 1.54) is 12.1 Å². The van der Waals surface area contributed by atoms with Crippen molar-refractivity contribution in [1.29, 1.82) is 0 Å². The highest BCUT2D eigenvalue weighted by Crippen LogP contribution is 2.37. The van der Waals surface area contributed by atoms with Gasteiger partial charge in [-0.25, -0.2) is 0 Å². The van der Waals surface area contributed by atoms with Crippen molar-refractivity contribution in [2.24, 2.45) is 12.8 Å². The van der Waals surface area contributed by atoms with Crippen LogP contribution >= 0.6 is 0 Å². The van der Waals surface area contributed by atoms with E-state index in [9.17, 15) is 13.2 Å². The molecule has 4 nitrogen and oxygen atoms in total. The summed E-state index contributed by atoms with van der Waals surface area (Å²) in [7, 11) is 1.72. The van der Waals surface area contributed by atoms with Crippen LogP contribution in [0.1, 0.15) is 16.7 Å². The molecule has 0 bridgehead atoms. The fourth-order valence-corrected chi connectivity index (χ4v) is 1.76. The summed E-state index contributed by atoms with van der Waals surface area (Å²) >= 11 is 0. The predicted molar refractivity (Wildman–Crippen MR) is 66.9 cm³/mol. The number of ether oxygens (including phenoxy) is 1. The van der Waals surface area contributed by atoms with Crippen LogP contribution in [-0.2, 0) is 26.4 Å². The molecule has 108 valence electrons. The van der Waals surface area contributed by atoms with Gasteiger partial charge in [0.2, 0.25) is 0 Å². The average molecular weight is 285 g/mol. The van der Waals surface area contributed by atoms with Crippen LogP contribution in [0.15, 0.2) is 30.6 Å². The molecule has 2 rings (SSSR count). The van der Waals surface area contributed by atoms with Crippen molar-refractivity contribution < 1.29 is 17.9 Å². The highest BCUT2D eigenvalue weighted by Gasteiger charge is 2.34. The highest BCUT2D eigenvalue weighted by molar-refractivity contribution is 5.39. The van der Waals surface area contributed by atoms with Gasteiger partial charge in [0.05, 0.1) is 11.8 Å². The molecule has 1 heterocycles. The second-order valence-electron chi connectivity index (χ2n) is 4.34. The quantitative estimate of drug-likeness (QED) is 0.939. The first kappa shape index (κ1) is 14.4. The minimum Gasteiger partial charge on any atom is -0.488 e. The van der Waals surface area contributed by atoms with Crippen LogP contribution in [-0.4, -0.2) is 9.78 Å². The van der Waals surface area contributed by atoms with E-state index >= 15 is 0 Å². The lowest BCUT2D eigenvalue weighted by molar-refractivity contribution is -0.139. The topological polar surface area (TPSA) is 53.1 Å². The van der Waals surface area contributed by atoms with E-state index in [0.717, 1.165) is 6.07 Å². The molecule has 1 aromatic heterocycles. The molecule has 20 heavy (non-hydrogen) atoms. The lowest BCUT2D eigenvalue weighted by atomic mass is 10.1. The van der Waals surface area contributed by atoms with Gasteiger partial charge in [-0.1, -0.05) is 6.07 Å². The Kier molecular flexibility index (Phi) is 3.99. The summed E-state index contributed by atoms with van der Waals surface area (Å²) < 4.78 is 45.7. The predicted octanol–water partition coefficient (Wildman–Crippen LogP) is 2.48. The number of nitrogens with two attached hydrogens (primary N) is 1. The molecule has 0 radical (unpaired) electrons. The van der Waals surface area contributed by atoms with Crippen LogP contribution in [0, 0.1) is 0 Å². The molecule has 2 aromatic rings. The minimum absolute atomic E-state index is 0.0267. The fraction of sp³-hybridized carbons (Fsp3) is 0.308. The Balaban J connectivity index is 2.22. The third-order valence-electron chi connectivity index (χ3n) is 2.74. The van der Waals surface area contributed by atoms with Crippen molar-refractivity contribution in [3.63, 3.8) is 0 Å². The van der Waals surface area contributed by atoms with Gasteiger partial charge in [-0.2, -0.15) is 18.3 Å². The van der Waals surface area contributed by atoms with E-state index in [0.29, 0.717) is 11.1 Å². The summed E-state index contributed by atoms with van der Waals surface area (Å²) in [5, 5.41) is 3.93. The van der Waals surface area contributed by atoms with Gasteiger partial charge in [-0.05, 0) is 17.7 Å². The molecule has 0 aliphatic heterocycles. The lowest BCUT2D eigenvalue weighted by Gasteiger charge is -2.14. The zero-order valence-corrected chi connectivity index (χ0v) is 10.8. The number of hydrogen-bond donors (Lipinski definition) is 1. The first-order valence-corrected chi connectivity index (χ1v) is 5.90. The van der Waals surface area contributed by atoms with Crippen LogP contribution in [0.5, 0.6) is 5.75 Å². The number of halogens is 3. The molecule has 0 atom stereocenters. The highest BCUT2D eigenvalue weighted by atomic mass is 19.4. The Bertz CT molecular complexity index is 593. The van der Waals surface area contributed by atoms with Crippen molar-refractivity contribution in [2.45, 2.75) is 19.3 Å².